The molecule has 7 nitrogen and oxygen atoms in total. The van der Waals surface area contributed by atoms with Crippen molar-refractivity contribution in [3.8, 4) is 11.3 Å². The van der Waals surface area contributed by atoms with E-state index in [0.717, 1.165) is 21.7 Å². The molecule has 3 amide bonds. The van der Waals surface area contributed by atoms with E-state index in [1.807, 2.05) is 42.6 Å². The van der Waals surface area contributed by atoms with E-state index in [9.17, 15) is 14.4 Å². The second kappa shape index (κ2) is 10.2. The summed E-state index contributed by atoms with van der Waals surface area (Å²) < 4.78 is 0. The SMILES string of the molecule is Cc1ccc(N2C(=O)C(Cl)=C(Nc3ccc(C(=O)Nc4nc(-c5ccccc5)cs4)cc3)C2=O)cc1Cl. The number of rotatable bonds is 6. The summed E-state index contributed by atoms with van der Waals surface area (Å²) in [6, 6.07) is 21.0. The number of nitrogens with zero attached hydrogens (tertiary/aromatic N) is 2. The van der Waals surface area contributed by atoms with E-state index in [0.29, 0.717) is 27.1 Å². The zero-order chi connectivity index (χ0) is 26.1. The highest BCUT2D eigenvalue weighted by Crippen LogP contribution is 2.32. The molecule has 0 spiro atoms. The number of thiazole rings is 1. The number of imide groups is 1. The molecule has 0 bridgehead atoms. The Bertz CT molecular complexity index is 1570. The molecule has 0 fully saturated rings. The molecule has 5 rings (SSSR count). The van der Waals surface area contributed by atoms with Gasteiger partial charge < -0.3 is 5.32 Å². The van der Waals surface area contributed by atoms with Crippen molar-refractivity contribution in [3.05, 3.63) is 105 Å². The number of carbonyl (C=O) groups excluding carboxylic acids is 3. The van der Waals surface area contributed by atoms with E-state index in [-0.39, 0.29) is 16.6 Å². The molecule has 0 atom stereocenters. The van der Waals surface area contributed by atoms with Crippen LogP contribution >= 0.6 is 34.5 Å². The molecular weight excluding hydrogens is 531 g/mol. The first-order valence-corrected chi connectivity index (χ1v) is 12.7. The van der Waals surface area contributed by atoms with Crippen molar-refractivity contribution < 1.29 is 14.4 Å². The molecule has 0 saturated heterocycles. The Kier molecular flexibility index (Phi) is 6.80. The number of amides is 3. The third kappa shape index (κ3) is 4.99. The maximum absolute atomic E-state index is 13.0. The van der Waals surface area contributed by atoms with Gasteiger partial charge in [-0.2, -0.15) is 0 Å². The first-order valence-electron chi connectivity index (χ1n) is 11.1. The van der Waals surface area contributed by atoms with E-state index < -0.39 is 11.8 Å². The summed E-state index contributed by atoms with van der Waals surface area (Å²) >= 11 is 13.7. The van der Waals surface area contributed by atoms with E-state index in [1.165, 1.54) is 11.3 Å². The Balaban J connectivity index is 1.27. The second-order valence-corrected chi connectivity index (χ2v) is 9.77. The van der Waals surface area contributed by atoms with Gasteiger partial charge in [0, 0.05) is 27.2 Å². The third-order valence-corrected chi connectivity index (χ3v) is 7.17. The zero-order valence-electron chi connectivity index (χ0n) is 19.3. The van der Waals surface area contributed by atoms with E-state index in [4.69, 9.17) is 23.2 Å². The van der Waals surface area contributed by atoms with Crippen LogP contribution in [0.5, 0.6) is 0 Å². The van der Waals surface area contributed by atoms with Crippen LogP contribution in [0.4, 0.5) is 16.5 Å². The monoisotopic (exact) mass is 548 g/mol. The fourth-order valence-corrected chi connectivity index (χ4v) is 4.76. The van der Waals surface area contributed by atoms with Gasteiger partial charge in [0.15, 0.2) is 5.13 Å². The Morgan fingerprint density at radius 2 is 1.68 bits per heavy atom. The van der Waals surface area contributed by atoms with Gasteiger partial charge in [-0.1, -0.05) is 59.6 Å². The molecule has 0 aliphatic carbocycles. The summed E-state index contributed by atoms with van der Waals surface area (Å²) in [4.78, 5) is 43.8. The third-order valence-electron chi connectivity index (χ3n) is 5.65. The Hall–Kier alpha value is -3.98. The van der Waals surface area contributed by atoms with Crippen molar-refractivity contribution in [3.63, 3.8) is 0 Å². The number of carbonyl (C=O) groups is 3. The van der Waals surface area contributed by atoms with Crippen LogP contribution in [0.3, 0.4) is 0 Å². The summed E-state index contributed by atoms with van der Waals surface area (Å²) in [6.07, 6.45) is 0. The van der Waals surface area contributed by atoms with Crippen molar-refractivity contribution in [2.75, 3.05) is 15.5 Å². The van der Waals surface area contributed by atoms with Crippen LogP contribution in [-0.2, 0) is 9.59 Å². The van der Waals surface area contributed by atoms with Gasteiger partial charge in [-0.3, -0.25) is 19.7 Å². The number of anilines is 3. The molecule has 37 heavy (non-hydrogen) atoms. The fourth-order valence-electron chi connectivity index (χ4n) is 3.66. The number of halogens is 2. The number of nitrogens with one attached hydrogen (secondary N) is 2. The molecule has 1 aliphatic heterocycles. The van der Waals surface area contributed by atoms with Crippen LogP contribution in [0.2, 0.25) is 5.02 Å². The van der Waals surface area contributed by atoms with Crippen LogP contribution in [0, 0.1) is 6.92 Å². The lowest BCUT2D eigenvalue weighted by atomic mass is 10.2. The minimum absolute atomic E-state index is 0.0585. The molecule has 1 aromatic heterocycles. The van der Waals surface area contributed by atoms with Gasteiger partial charge in [0.2, 0.25) is 0 Å². The molecular formula is C27H18Cl2N4O3S. The predicted octanol–water partition coefficient (Wildman–Crippen LogP) is 6.46. The number of aromatic nitrogens is 1. The van der Waals surface area contributed by atoms with Crippen molar-refractivity contribution >= 4 is 68.8 Å². The molecule has 2 heterocycles. The average Bonchev–Trinajstić information content (AvgIpc) is 3.45. The maximum atomic E-state index is 13.0. The van der Waals surface area contributed by atoms with Crippen LogP contribution in [0.1, 0.15) is 15.9 Å². The largest absolute Gasteiger partial charge is 0.350 e. The normalized spacial score (nSPS) is 13.3. The van der Waals surface area contributed by atoms with Gasteiger partial charge in [0.1, 0.15) is 10.7 Å². The van der Waals surface area contributed by atoms with E-state index in [1.54, 1.807) is 42.5 Å². The van der Waals surface area contributed by atoms with Crippen LogP contribution < -0.4 is 15.5 Å². The van der Waals surface area contributed by atoms with Gasteiger partial charge in [-0.05, 0) is 48.9 Å². The van der Waals surface area contributed by atoms with Crippen molar-refractivity contribution in [2.24, 2.45) is 0 Å². The Morgan fingerprint density at radius 3 is 2.38 bits per heavy atom. The van der Waals surface area contributed by atoms with Crippen molar-refractivity contribution in [1.29, 1.82) is 0 Å². The van der Waals surface area contributed by atoms with Gasteiger partial charge in [0.25, 0.3) is 17.7 Å². The summed E-state index contributed by atoms with van der Waals surface area (Å²) in [5.74, 6) is -1.58. The fraction of sp³-hybridized carbons (Fsp3) is 0.0370. The maximum Gasteiger partial charge on any atom is 0.283 e. The predicted molar refractivity (Wildman–Crippen MR) is 147 cm³/mol. The zero-order valence-corrected chi connectivity index (χ0v) is 21.6. The lowest BCUT2D eigenvalue weighted by Gasteiger charge is -2.16. The van der Waals surface area contributed by atoms with E-state index in [2.05, 4.69) is 15.6 Å². The average molecular weight is 549 g/mol. The Morgan fingerprint density at radius 1 is 0.946 bits per heavy atom. The number of aryl methyl sites for hydroxylation is 1. The lowest BCUT2D eigenvalue weighted by Crippen LogP contribution is -2.32. The molecule has 2 N–H and O–H groups in total. The molecule has 0 radical (unpaired) electrons. The van der Waals surface area contributed by atoms with Gasteiger partial charge in [0.05, 0.1) is 11.4 Å². The molecule has 4 aromatic rings. The minimum atomic E-state index is -0.650. The summed E-state index contributed by atoms with van der Waals surface area (Å²) in [5.41, 5.74) is 3.71. The van der Waals surface area contributed by atoms with Crippen molar-refractivity contribution in [1.82, 2.24) is 4.98 Å². The molecule has 0 saturated carbocycles. The van der Waals surface area contributed by atoms with Gasteiger partial charge >= 0.3 is 0 Å². The van der Waals surface area contributed by atoms with Crippen LogP contribution in [-0.4, -0.2) is 22.7 Å². The number of benzene rings is 3. The quantitative estimate of drug-likeness (QED) is 0.270. The first kappa shape index (κ1) is 24.7. The Labute approximate surface area is 226 Å². The highest BCUT2D eigenvalue weighted by Gasteiger charge is 2.39. The van der Waals surface area contributed by atoms with E-state index >= 15 is 0 Å². The van der Waals surface area contributed by atoms with Crippen molar-refractivity contribution in [2.45, 2.75) is 6.92 Å². The second-order valence-electron chi connectivity index (χ2n) is 8.13. The molecule has 1 aliphatic rings. The highest BCUT2D eigenvalue weighted by atomic mass is 35.5. The number of hydrogen-bond acceptors (Lipinski definition) is 6. The van der Waals surface area contributed by atoms with Gasteiger partial charge in [-0.25, -0.2) is 9.88 Å². The molecule has 0 unspecified atom stereocenters. The topological polar surface area (TPSA) is 91.4 Å². The smallest absolute Gasteiger partial charge is 0.283 e. The molecule has 10 heteroatoms. The summed E-state index contributed by atoms with van der Waals surface area (Å²) in [5, 5.41) is 8.24. The van der Waals surface area contributed by atoms with Gasteiger partial charge in [-0.15, -0.1) is 11.3 Å². The first-order chi connectivity index (χ1) is 17.8. The van der Waals surface area contributed by atoms with Crippen LogP contribution in [0.25, 0.3) is 11.3 Å². The molecule has 184 valence electrons. The highest BCUT2D eigenvalue weighted by molar-refractivity contribution is 7.14. The number of hydrogen-bond donors (Lipinski definition) is 2. The lowest BCUT2D eigenvalue weighted by molar-refractivity contribution is -0.120. The van der Waals surface area contributed by atoms with Crippen LogP contribution in [0.15, 0.2) is 88.9 Å². The summed E-state index contributed by atoms with van der Waals surface area (Å²) in [6.45, 7) is 1.82. The standard InChI is InChI=1S/C27H18Cl2N4O3S/c1-15-7-12-19(13-20(15)28)33-25(35)22(29)23(26(33)36)30-18-10-8-17(9-11-18)24(34)32-27-31-21(14-37-27)16-5-3-2-4-6-16/h2-14,30H,1H3,(H,31,32,34). The molecule has 3 aromatic carbocycles. The summed E-state index contributed by atoms with van der Waals surface area (Å²) in [7, 11) is 0. The minimum Gasteiger partial charge on any atom is -0.350 e.